The number of fused-ring (bicyclic) bond motifs is 1. The van der Waals surface area contributed by atoms with Crippen molar-refractivity contribution in [3.63, 3.8) is 0 Å². The van der Waals surface area contributed by atoms with Gasteiger partial charge in [0.2, 0.25) is 0 Å². The monoisotopic (exact) mass is 491 g/mol. The van der Waals surface area contributed by atoms with Gasteiger partial charge in [0.1, 0.15) is 13.2 Å². The van der Waals surface area contributed by atoms with Crippen LogP contribution in [0.5, 0.6) is 0 Å². The van der Waals surface area contributed by atoms with Crippen molar-refractivity contribution in [3.8, 4) is 0 Å². The molecule has 6 heteroatoms. The predicted octanol–water partition coefficient (Wildman–Crippen LogP) is 4.45. The van der Waals surface area contributed by atoms with Gasteiger partial charge in [-0.25, -0.2) is 0 Å². The van der Waals surface area contributed by atoms with E-state index in [1.807, 2.05) is 24.3 Å². The van der Waals surface area contributed by atoms with Gasteiger partial charge in [0.15, 0.2) is 5.78 Å². The second-order valence-electron chi connectivity index (χ2n) is 8.99. The van der Waals surface area contributed by atoms with Gasteiger partial charge in [-0.1, -0.05) is 60.7 Å². The van der Waals surface area contributed by atoms with E-state index in [2.05, 4.69) is 35.2 Å². The third kappa shape index (κ3) is 9.19. The molecule has 0 amide bonds. The first-order valence-electron chi connectivity index (χ1n) is 12.6. The van der Waals surface area contributed by atoms with Crippen molar-refractivity contribution in [1.82, 2.24) is 4.90 Å². The highest BCUT2D eigenvalue weighted by Crippen LogP contribution is 2.29. The Hall–Kier alpha value is -3.06. The third-order valence-electron chi connectivity index (χ3n) is 6.28. The summed E-state index contributed by atoms with van der Waals surface area (Å²) in [6.45, 7) is 2.79. The maximum atomic E-state index is 12.1. The molecule has 0 fully saturated rings. The summed E-state index contributed by atoms with van der Waals surface area (Å²) in [7, 11) is 1.66. The number of benzene rings is 2. The van der Waals surface area contributed by atoms with Crippen molar-refractivity contribution in [1.29, 1.82) is 0 Å². The maximum Gasteiger partial charge on any atom is 0.305 e. The lowest BCUT2D eigenvalue weighted by atomic mass is 10.0. The predicted molar refractivity (Wildman–Crippen MR) is 142 cm³/mol. The number of hydrogen-bond donors (Lipinski definition) is 1. The molecule has 1 N–H and O–H groups in total. The number of carbonyl (C=O) groups excluding carboxylic acids is 2. The molecule has 1 aliphatic carbocycles. The SMILES string of the molecule is COCCCCC(=O)OCCN(CCC1=CCc2ccccc21)Cc1ccc(/C=C/C(=O)CO)cc1. The lowest BCUT2D eigenvalue weighted by molar-refractivity contribution is -0.144. The van der Waals surface area contributed by atoms with E-state index in [9.17, 15) is 9.59 Å². The number of nitrogens with zero attached hydrogens (tertiary/aromatic N) is 1. The summed E-state index contributed by atoms with van der Waals surface area (Å²) in [6, 6.07) is 16.6. The van der Waals surface area contributed by atoms with E-state index >= 15 is 0 Å². The van der Waals surface area contributed by atoms with Crippen LogP contribution in [0.2, 0.25) is 0 Å². The number of esters is 1. The number of aliphatic hydroxyl groups excluding tert-OH is 1. The summed E-state index contributed by atoms with van der Waals surface area (Å²) < 4.78 is 10.5. The van der Waals surface area contributed by atoms with Crippen molar-refractivity contribution >= 4 is 23.4 Å². The molecule has 0 heterocycles. The average molecular weight is 492 g/mol. The number of carbonyl (C=O) groups is 2. The summed E-state index contributed by atoms with van der Waals surface area (Å²) in [6.07, 6.45) is 9.38. The van der Waals surface area contributed by atoms with Gasteiger partial charge in [-0.3, -0.25) is 14.5 Å². The van der Waals surface area contributed by atoms with Crippen molar-refractivity contribution in [2.45, 2.75) is 38.6 Å². The number of unbranched alkanes of at least 4 members (excludes halogenated alkanes) is 1. The van der Waals surface area contributed by atoms with Gasteiger partial charge in [0, 0.05) is 39.8 Å². The zero-order valence-corrected chi connectivity index (χ0v) is 21.2. The molecule has 0 unspecified atom stereocenters. The molecule has 0 saturated heterocycles. The largest absolute Gasteiger partial charge is 0.464 e. The molecule has 2 aromatic rings. The van der Waals surface area contributed by atoms with Gasteiger partial charge in [-0.2, -0.15) is 0 Å². The lowest BCUT2D eigenvalue weighted by Crippen LogP contribution is -2.29. The Morgan fingerprint density at radius 2 is 1.83 bits per heavy atom. The van der Waals surface area contributed by atoms with Crippen LogP contribution >= 0.6 is 0 Å². The minimum absolute atomic E-state index is 0.160. The molecule has 0 saturated carbocycles. The molecule has 6 nitrogen and oxygen atoms in total. The first-order chi connectivity index (χ1) is 17.6. The van der Waals surface area contributed by atoms with E-state index in [0.29, 0.717) is 26.2 Å². The van der Waals surface area contributed by atoms with E-state index in [1.54, 1.807) is 13.2 Å². The van der Waals surface area contributed by atoms with Crippen molar-refractivity contribution < 1.29 is 24.2 Å². The fourth-order valence-electron chi connectivity index (χ4n) is 4.25. The average Bonchev–Trinajstić information content (AvgIpc) is 3.32. The maximum absolute atomic E-state index is 12.1. The van der Waals surface area contributed by atoms with Gasteiger partial charge in [0.25, 0.3) is 0 Å². The van der Waals surface area contributed by atoms with Crippen LogP contribution in [-0.4, -0.2) is 61.8 Å². The molecule has 0 radical (unpaired) electrons. The molecule has 1 aliphatic rings. The number of ether oxygens (including phenoxy) is 2. The first kappa shape index (κ1) is 27.5. The first-order valence-corrected chi connectivity index (χ1v) is 12.6. The normalized spacial score (nSPS) is 12.7. The Kier molecular flexibility index (Phi) is 11.6. The van der Waals surface area contributed by atoms with Crippen LogP contribution < -0.4 is 0 Å². The van der Waals surface area contributed by atoms with Crippen molar-refractivity contribution in [2.75, 3.05) is 40.0 Å². The van der Waals surface area contributed by atoms with Crippen LogP contribution in [0.1, 0.15) is 47.9 Å². The fourth-order valence-corrected chi connectivity index (χ4v) is 4.25. The van der Waals surface area contributed by atoms with Gasteiger partial charge in [0.05, 0.1) is 0 Å². The van der Waals surface area contributed by atoms with Crippen LogP contribution in [0.4, 0.5) is 0 Å². The van der Waals surface area contributed by atoms with Crippen LogP contribution in [0, 0.1) is 0 Å². The molecular weight excluding hydrogens is 454 g/mol. The zero-order chi connectivity index (χ0) is 25.6. The van der Waals surface area contributed by atoms with Crippen molar-refractivity contribution in [2.24, 2.45) is 0 Å². The van der Waals surface area contributed by atoms with Crippen LogP contribution in [0.25, 0.3) is 11.6 Å². The van der Waals surface area contributed by atoms with E-state index in [1.165, 1.54) is 22.8 Å². The minimum atomic E-state index is -0.484. The van der Waals surface area contributed by atoms with Crippen molar-refractivity contribution in [3.05, 3.63) is 82.9 Å². The number of methoxy groups -OCH3 is 1. The van der Waals surface area contributed by atoms with E-state index in [4.69, 9.17) is 14.6 Å². The Morgan fingerprint density at radius 3 is 2.61 bits per heavy atom. The minimum Gasteiger partial charge on any atom is -0.464 e. The van der Waals surface area contributed by atoms with Gasteiger partial charge in [-0.05, 0) is 59.6 Å². The molecule has 0 bridgehead atoms. The number of aliphatic hydroxyl groups is 1. The molecule has 0 aliphatic heterocycles. The highest BCUT2D eigenvalue weighted by Gasteiger charge is 2.15. The third-order valence-corrected chi connectivity index (χ3v) is 6.28. The smallest absolute Gasteiger partial charge is 0.305 e. The van der Waals surface area contributed by atoms with Crippen LogP contribution in [0.3, 0.4) is 0 Å². The Balaban J connectivity index is 1.56. The standard InChI is InChI=1S/C30H37NO5/c1-35-20-5-4-8-30(34)36-21-19-31(18-17-27-15-14-26-6-2-3-7-29(26)27)22-25-11-9-24(10-12-25)13-16-28(33)23-32/h2-3,6-7,9-13,15-16,32H,4-5,8,14,17-23H2,1H3/b16-13+. The van der Waals surface area contributed by atoms with Crippen LogP contribution in [-0.2, 0) is 32.0 Å². The lowest BCUT2D eigenvalue weighted by Gasteiger charge is -2.23. The summed E-state index contributed by atoms with van der Waals surface area (Å²) >= 11 is 0. The van der Waals surface area contributed by atoms with Gasteiger partial charge in [-0.15, -0.1) is 0 Å². The fraction of sp³-hybridized carbons (Fsp3) is 0.400. The van der Waals surface area contributed by atoms with Gasteiger partial charge >= 0.3 is 5.97 Å². The second kappa shape index (κ2) is 15.1. The summed E-state index contributed by atoms with van der Waals surface area (Å²) in [5, 5.41) is 8.86. The number of ketones is 1. The van der Waals surface area contributed by atoms with E-state index < -0.39 is 6.61 Å². The summed E-state index contributed by atoms with van der Waals surface area (Å²) in [5.74, 6) is -0.478. The molecule has 0 spiro atoms. The molecule has 0 atom stereocenters. The molecule has 0 aromatic heterocycles. The van der Waals surface area contributed by atoms with Gasteiger partial charge < -0.3 is 14.6 Å². The Bertz CT molecular complexity index is 1040. The summed E-state index contributed by atoms with van der Waals surface area (Å²) in [4.78, 5) is 25.7. The molecule has 192 valence electrons. The Morgan fingerprint density at radius 1 is 1.03 bits per heavy atom. The quantitative estimate of drug-likeness (QED) is 0.212. The topological polar surface area (TPSA) is 76.1 Å². The second-order valence-corrected chi connectivity index (χ2v) is 8.99. The zero-order valence-electron chi connectivity index (χ0n) is 21.2. The van der Waals surface area contributed by atoms with E-state index in [0.717, 1.165) is 49.9 Å². The summed E-state index contributed by atoms with van der Waals surface area (Å²) in [5.41, 5.74) is 6.15. The van der Waals surface area contributed by atoms with E-state index in [-0.39, 0.29) is 11.8 Å². The molecule has 2 aromatic carbocycles. The highest BCUT2D eigenvalue weighted by molar-refractivity contribution is 5.94. The highest BCUT2D eigenvalue weighted by atomic mass is 16.5. The number of hydrogen-bond acceptors (Lipinski definition) is 6. The molecule has 36 heavy (non-hydrogen) atoms. The van der Waals surface area contributed by atoms with Crippen LogP contribution in [0.15, 0.2) is 60.7 Å². The molecule has 3 rings (SSSR count). The number of rotatable bonds is 16. The number of allylic oxidation sites excluding steroid dienone is 1. The molecular formula is C30H37NO5. The Labute approximate surface area is 214 Å².